The van der Waals surface area contributed by atoms with E-state index in [0.29, 0.717) is 0 Å². The summed E-state index contributed by atoms with van der Waals surface area (Å²) in [6.45, 7) is 2.58. The van der Waals surface area contributed by atoms with Gasteiger partial charge in [0.05, 0.1) is 6.61 Å². The molecule has 2 aromatic carbocycles. The quantitative estimate of drug-likeness (QED) is 0.385. The summed E-state index contributed by atoms with van der Waals surface area (Å²) >= 11 is 1.88. The van der Waals surface area contributed by atoms with Crippen molar-refractivity contribution in [2.45, 2.75) is 12.8 Å². The first-order valence-electron chi connectivity index (χ1n) is 9.44. The minimum absolute atomic E-state index is 0.798. The summed E-state index contributed by atoms with van der Waals surface area (Å²) in [4.78, 5) is 4.86. The van der Waals surface area contributed by atoms with Gasteiger partial charge >= 0.3 is 0 Å². The van der Waals surface area contributed by atoms with Gasteiger partial charge in [-0.1, -0.05) is 30.3 Å². The van der Waals surface area contributed by atoms with Crippen LogP contribution in [0.5, 0.6) is 11.5 Å². The molecule has 3 nitrogen and oxygen atoms in total. The molecule has 0 unspecified atom stereocenters. The summed E-state index contributed by atoms with van der Waals surface area (Å²) in [6, 6.07) is 19.0. The third-order valence-corrected chi connectivity index (χ3v) is 5.93. The van der Waals surface area contributed by atoms with E-state index < -0.39 is 0 Å². The topological polar surface area (TPSA) is 21.7 Å². The van der Waals surface area contributed by atoms with Crippen molar-refractivity contribution in [1.82, 2.24) is 4.90 Å². The van der Waals surface area contributed by atoms with E-state index in [9.17, 15) is 0 Å². The van der Waals surface area contributed by atoms with Gasteiger partial charge in [-0.05, 0) is 51.2 Å². The largest absolute Gasteiger partial charge is 0.456 e. The van der Waals surface area contributed by atoms with Crippen molar-refractivity contribution in [3.8, 4) is 33.1 Å². The van der Waals surface area contributed by atoms with Crippen molar-refractivity contribution in [2.75, 3.05) is 33.9 Å². The van der Waals surface area contributed by atoms with Gasteiger partial charge in [0.1, 0.15) is 11.5 Å². The zero-order valence-corrected chi connectivity index (χ0v) is 16.7. The van der Waals surface area contributed by atoms with Crippen LogP contribution in [0.3, 0.4) is 0 Å². The lowest BCUT2D eigenvalue weighted by molar-refractivity contribution is 0.116. The predicted molar refractivity (Wildman–Crippen MR) is 113 cm³/mol. The highest BCUT2D eigenvalue weighted by Gasteiger charge is 2.22. The predicted octanol–water partition coefficient (Wildman–Crippen LogP) is 5.70. The first kappa shape index (κ1) is 18.2. The number of thiophene rings is 1. The molecule has 4 heteroatoms. The van der Waals surface area contributed by atoms with Gasteiger partial charge in [0.15, 0.2) is 0 Å². The molecule has 27 heavy (non-hydrogen) atoms. The van der Waals surface area contributed by atoms with Crippen molar-refractivity contribution in [2.24, 2.45) is 0 Å². The molecule has 0 saturated heterocycles. The molecule has 2 heterocycles. The molecular weight excluding hydrogens is 354 g/mol. The lowest BCUT2D eigenvalue weighted by Crippen LogP contribution is -2.18. The minimum Gasteiger partial charge on any atom is -0.456 e. The monoisotopic (exact) mass is 379 g/mol. The Labute approximate surface area is 165 Å². The van der Waals surface area contributed by atoms with Crippen LogP contribution in [-0.4, -0.2) is 38.8 Å². The van der Waals surface area contributed by atoms with Crippen LogP contribution < -0.4 is 4.74 Å². The lowest BCUT2D eigenvalue weighted by atomic mass is 10.0. The summed E-state index contributed by atoms with van der Waals surface area (Å²) in [6.07, 6.45) is 2.09. The first-order valence-corrected chi connectivity index (χ1v) is 10.3. The Morgan fingerprint density at radius 3 is 2.37 bits per heavy atom. The summed E-state index contributed by atoms with van der Waals surface area (Å²) in [5.41, 5.74) is 3.64. The summed E-state index contributed by atoms with van der Waals surface area (Å²) in [5, 5.41) is 0. The van der Waals surface area contributed by atoms with Crippen LogP contribution in [0.15, 0.2) is 54.6 Å². The number of rotatable bonds is 7. The number of ether oxygens (including phenoxy) is 2. The van der Waals surface area contributed by atoms with Gasteiger partial charge in [-0.3, -0.25) is 0 Å². The number of para-hydroxylation sites is 2. The zero-order valence-electron chi connectivity index (χ0n) is 15.9. The van der Waals surface area contributed by atoms with E-state index in [1.807, 2.05) is 23.5 Å². The van der Waals surface area contributed by atoms with Crippen molar-refractivity contribution in [1.29, 1.82) is 0 Å². The highest BCUT2D eigenvalue weighted by molar-refractivity contribution is 7.16. The van der Waals surface area contributed by atoms with E-state index in [-0.39, 0.29) is 0 Å². The van der Waals surface area contributed by atoms with Crippen LogP contribution in [0.25, 0.3) is 21.6 Å². The van der Waals surface area contributed by atoms with Crippen molar-refractivity contribution >= 4 is 11.3 Å². The summed E-state index contributed by atoms with van der Waals surface area (Å²) in [5.74, 6) is 1.86. The molecule has 0 N–H and O–H groups in total. The van der Waals surface area contributed by atoms with Gasteiger partial charge in [0.25, 0.3) is 0 Å². The first-order chi connectivity index (χ1) is 13.2. The second kappa shape index (κ2) is 8.26. The summed E-state index contributed by atoms with van der Waals surface area (Å²) < 4.78 is 12.0. The van der Waals surface area contributed by atoms with Gasteiger partial charge < -0.3 is 14.4 Å². The average Bonchev–Trinajstić information content (AvgIpc) is 3.04. The number of likely N-dealkylation sites (N-methyl/N-ethyl adjacent to an activating group) is 1. The fourth-order valence-electron chi connectivity index (χ4n) is 3.30. The van der Waals surface area contributed by atoms with Gasteiger partial charge in [0.2, 0.25) is 0 Å². The van der Waals surface area contributed by atoms with E-state index in [0.717, 1.165) is 44.1 Å². The van der Waals surface area contributed by atoms with Crippen LogP contribution in [0.1, 0.15) is 11.3 Å². The van der Waals surface area contributed by atoms with Crippen LogP contribution in [0.2, 0.25) is 0 Å². The molecule has 0 fully saturated rings. The molecule has 0 bridgehead atoms. The normalized spacial score (nSPS) is 12.1. The molecule has 1 aliphatic heterocycles. The Balaban J connectivity index is 1.55. The zero-order chi connectivity index (χ0) is 18.6. The maximum absolute atomic E-state index is 6.21. The number of hydrogen-bond donors (Lipinski definition) is 0. The maximum atomic E-state index is 6.21. The van der Waals surface area contributed by atoms with E-state index in [2.05, 4.69) is 61.5 Å². The lowest BCUT2D eigenvalue weighted by Gasteiger charge is -2.09. The van der Waals surface area contributed by atoms with E-state index >= 15 is 0 Å². The number of fused-ring (bicyclic) bond motifs is 5. The van der Waals surface area contributed by atoms with Crippen molar-refractivity contribution in [3.63, 3.8) is 0 Å². The minimum atomic E-state index is 0.798. The SMILES string of the molecule is CN(C)CCOCCCc1cc2c(s1)-c1ccccc1Oc1ccccc1-2. The number of hydrogen-bond acceptors (Lipinski definition) is 4. The standard InChI is InChI=1S/C23H25NO2S/c1-24(2)13-15-25-14-7-8-17-16-20-18-9-3-5-11-21(18)26-22-12-6-4-10-19(22)23(20)27-17/h3-6,9-12,16H,7-8,13-15H2,1-2H3. The molecule has 0 aliphatic carbocycles. The third-order valence-electron chi connectivity index (χ3n) is 4.71. The van der Waals surface area contributed by atoms with Crippen molar-refractivity contribution < 1.29 is 9.47 Å². The van der Waals surface area contributed by atoms with Crippen molar-refractivity contribution in [3.05, 3.63) is 59.5 Å². The number of benzene rings is 2. The van der Waals surface area contributed by atoms with Gasteiger partial charge in [-0.15, -0.1) is 11.3 Å². The third kappa shape index (κ3) is 4.08. The van der Waals surface area contributed by atoms with E-state index in [1.165, 1.54) is 26.4 Å². The number of nitrogens with zero attached hydrogens (tertiary/aromatic N) is 1. The second-order valence-electron chi connectivity index (χ2n) is 7.07. The van der Waals surface area contributed by atoms with Gasteiger partial charge in [0, 0.05) is 39.6 Å². The van der Waals surface area contributed by atoms with Crippen LogP contribution in [-0.2, 0) is 11.2 Å². The highest BCUT2D eigenvalue weighted by atomic mass is 32.1. The Bertz CT molecular complexity index is 853. The molecule has 0 saturated carbocycles. The van der Waals surface area contributed by atoms with E-state index in [4.69, 9.17) is 9.47 Å². The van der Waals surface area contributed by atoms with E-state index in [1.54, 1.807) is 0 Å². The molecule has 0 amide bonds. The Morgan fingerprint density at radius 1 is 0.889 bits per heavy atom. The molecule has 0 spiro atoms. The molecule has 1 aliphatic rings. The Kier molecular flexibility index (Phi) is 5.58. The second-order valence-corrected chi connectivity index (χ2v) is 8.21. The molecule has 1 aromatic heterocycles. The Hall–Kier alpha value is -2.14. The average molecular weight is 380 g/mol. The number of aryl methyl sites for hydroxylation is 1. The van der Waals surface area contributed by atoms with Gasteiger partial charge in [-0.25, -0.2) is 0 Å². The smallest absolute Gasteiger partial charge is 0.136 e. The van der Waals surface area contributed by atoms with Gasteiger partial charge in [-0.2, -0.15) is 0 Å². The molecule has 3 aromatic rings. The molecular formula is C23H25NO2S. The summed E-state index contributed by atoms with van der Waals surface area (Å²) in [7, 11) is 4.14. The molecule has 140 valence electrons. The molecule has 4 rings (SSSR count). The van der Waals surface area contributed by atoms with Crippen LogP contribution >= 0.6 is 11.3 Å². The Morgan fingerprint density at radius 2 is 1.59 bits per heavy atom. The fraction of sp³-hybridized carbons (Fsp3) is 0.304. The molecule has 0 atom stereocenters. The highest BCUT2D eigenvalue weighted by Crippen LogP contribution is 2.50. The fourth-order valence-corrected chi connectivity index (χ4v) is 4.55. The van der Waals surface area contributed by atoms with Crippen LogP contribution in [0.4, 0.5) is 0 Å². The van der Waals surface area contributed by atoms with Crippen LogP contribution in [0, 0.1) is 0 Å². The maximum Gasteiger partial charge on any atom is 0.136 e. The molecule has 0 radical (unpaired) electrons.